The van der Waals surface area contributed by atoms with Crippen molar-refractivity contribution < 1.29 is 44.0 Å². The number of aliphatic hydroxyl groups is 2. The Morgan fingerprint density at radius 3 is 1.51 bits per heavy atom. The van der Waals surface area contributed by atoms with Gasteiger partial charge in [0.15, 0.2) is 11.6 Å². The Labute approximate surface area is 670 Å². The number of carbonyl (C=O) groups excluding carboxylic acids is 4. The molecule has 3 amide bonds. The Balaban J connectivity index is 0.000000173. The van der Waals surface area contributed by atoms with Gasteiger partial charge in [-0.25, -0.2) is 20.4 Å². The van der Waals surface area contributed by atoms with Crippen molar-refractivity contribution in [3.63, 3.8) is 0 Å². The zero-order chi connectivity index (χ0) is 81.6. The van der Waals surface area contributed by atoms with E-state index in [1.807, 2.05) is 30.3 Å². The number of allylic oxidation sites excluding steroid dienone is 2. The minimum Gasteiger partial charge on any atom is -0.478 e. The van der Waals surface area contributed by atoms with Crippen LogP contribution in [-0.4, -0.2) is 108 Å². The Morgan fingerprint density at radius 1 is 0.566 bits per heavy atom. The minimum atomic E-state index is -1.03. The van der Waals surface area contributed by atoms with Crippen LogP contribution >= 0.6 is 0 Å². The highest BCUT2D eigenvalue weighted by atomic mass is 16.5. The number of hydrogen-bond donors (Lipinski definition) is 10. The average molecular weight is 1550 g/mol. The van der Waals surface area contributed by atoms with Crippen LogP contribution in [0, 0.1) is 119 Å². The lowest BCUT2D eigenvalue weighted by Gasteiger charge is -2.72. The van der Waals surface area contributed by atoms with Gasteiger partial charge in [0.25, 0.3) is 5.91 Å². The molecule has 3 aromatic heterocycles. The topological polar surface area (TPSA) is 335 Å². The van der Waals surface area contributed by atoms with Crippen LogP contribution in [0.5, 0.6) is 0 Å². The molecule has 8 unspecified atom stereocenters. The van der Waals surface area contributed by atoms with Crippen LogP contribution in [0.3, 0.4) is 0 Å². The van der Waals surface area contributed by atoms with E-state index in [1.165, 1.54) is 100 Å². The number of ether oxygens (including phenoxy) is 1. The standard InChI is InChI=1S/C46H61N5O4.C39H59N3O3.C8H9N3O2/c1-27(2)31-15-21-46(23-22-44(6)32(37(31)46)12-14-35-43(5)19-17-36(52)42(3,4)34(43)16-20-45(35,44)7)41(55)47-24-18-28-9-8-10-29(25-28)38-49-39(51-50-38)33-13-11-30(26-48-33)40(53)54;1-24(2)27-13-19-39(34(45)41-22-16-25-9-8-10-26(23-25)33(44)42-40)21-20-37(6)28(32(27)39)11-12-30-36(5)17-15-31(43)35(3,4)29(36)14-18-38(30,37)7;1-13-8(12)5-2-3-6(7(9)10)11-4-5/h8-11,13,25-26,31-32,34-37,52H,1,12,14-24H2,2-7H3,(H,47,55)(H,53,54)(H,49,50,51);8-10,23,27-32,43H,1,11-22,40H2,2-7H3,(H,41,45)(H,42,44);2-4H,1H3,(H3,9,10)/t31-,32?,34?,35?,36-,37?,43-,44+,45+,46-;27-,28?,29?,30?,31-,32?,36-,37+,38+,39-;/m00./s1. The van der Waals surface area contributed by atoms with E-state index in [1.54, 1.807) is 12.1 Å². The number of hydrogen-bond acceptors (Lipinski definition) is 14. The molecular weight excluding hydrogens is 1420 g/mol. The number of methoxy groups -OCH3 is 1. The molecule has 0 saturated heterocycles. The summed E-state index contributed by atoms with van der Waals surface area (Å²) in [5.74, 6) is 9.70. The number of amidine groups is 1. The van der Waals surface area contributed by atoms with E-state index < -0.39 is 11.9 Å². The number of nitrogens with zero attached hydrogens (tertiary/aromatic N) is 4. The highest BCUT2D eigenvalue weighted by molar-refractivity contribution is 5.95. The van der Waals surface area contributed by atoms with Gasteiger partial charge in [0.2, 0.25) is 11.8 Å². The second kappa shape index (κ2) is 30.9. The number of carboxylic acids is 1. The molecule has 10 aliphatic rings. The molecule has 0 spiro atoms. The number of pyridine rings is 2. The van der Waals surface area contributed by atoms with E-state index >= 15 is 0 Å². The monoisotopic (exact) mass is 1540 g/mol. The van der Waals surface area contributed by atoms with Crippen LogP contribution in [0.2, 0.25) is 0 Å². The van der Waals surface area contributed by atoms with E-state index in [2.05, 4.69) is 154 Å². The van der Waals surface area contributed by atoms with Crippen LogP contribution in [-0.2, 0) is 27.2 Å². The van der Waals surface area contributed by atoms with Crippen molar-refractivity contribution in [2.45, 2.75) is 237 Å². The third kappa shape index (κ3) is 13.9. The van der Waals surface area contributed by atoms with Gasteiger partial charge in [-0.15, -0.1) is 0 Å². The number of aromatic nitrogens is 5. The predicted octanol–water partition coefficient (Wildman–Crippen LogP) is 16.0. The molecule has 610 valence electrons. The molecule has 10 fully saturated rings. The van der Waals surface area contributed by atoms with Gasteiger partial charge >= 0.3 is 11.9 Å². The fourth-order valence-electron chi connectivity index (χ4n) is 27.8. The maximum Gasteiger partial charge on any atom is 0.339 e. The average Bonchev–Trinajstić information content (AvgIpc) is 1.66. The molecule has 5 aromatic rings. The summed E-state index contributed by atoms with van der Waals surface area (Å²) >= 11 is 0. The van der Waals surface area contributed by atoms with Gasteiger partial charge in [0.1, 0.15) is 17.2 Å². The normalized spacial score (nSPS) is 36.5. The second-order valence-corrected chi connectivity index (χ2v) is 39.4. The molecule has 15 rings (SSSR count). The number of rotatable bonds is 16. The second-order valence-electron chi connectivity index (χ2n) is 39.4. The first-order valence-corrected chi connectivity index (χ1v) is 42.3. The summed E-state index contributed by atoms with van der Waals surface area (Å²) in [4.78, 5) is 76.0. The molecule has 20 nitrogen and oxygen atoms in total. The number of aromatic amines is 1. The first kappa shape index (κ1) is 83.0. The first-order valence-electron chi connectivity index (χ1n) is 42.3. The van der Waals surface area contributed by atoms with Crippen molar-refractivity contribution >= 4 is 35.5 Å². The van der Waals surface area contributed by atoms with Gasteiger partial charge in [0, 0.05) is 36.6 Å². The van der Waals surface area contributed by atoms with Crippen molar-refractivity contribution in [1.82, 2.24) is 41.2 Å². The van der Waals surface area contributed by atoms with Crippen LogP contribution in [0.1, 0.15) is 259 Å². The molecule has 12 N–H and O–H groups in total. The van der Waals surface area contributed by atoms with E-state index in [0.717, 1.165) is 93.7 Å². The maximum absolute atomic E-state index is 14.7. The number of fused-ring (bicyclic) bond motifs is 14. The van der Waals surface area contributed by atoms with Crippen LogP contribution < -0.4 is 27.6 Å². The van der Waals surface area contributed by atoms with Crippen molar-refractivity contribution in [3.8, 4) is 22.9 Å². The van der Waals surface area contributed by atoms with Gasteiger partial charge in [0.05, 0.1) is 41.3 Å². The SMILES string of the molecule is C=C(C)[C@@H]1CC[C@]2(C(=O)NCCc3cccc(-c4n[nH]c(-c5ccc(C(=O)O)cn5)n4)c3)CC[C@]3(C)C(CCC4[C@@]5(C)CC[C@H](O)C(C)(C)C5CC[C@]43C)C12.C=C(C)[C@@H]1CC[C@]2(C(=O)NCCc3cccc(C(=O)NN)c3)CC[C@]3(C)C(CCC4[C@@]5(C)CC[C@H](O)C(C)(C)C5CC[C@]43C)C12.COC(=O)c1ccc(C(=N)N)nc1. The molecule has 3 heterocycles. The molecule has 0 radical (unpaired) electrons. The fourth-order valence-corrected chi connectivity index (χ4v) is 27.8. The molecule has 10 saturated carbocycles. The van der Waals surface area contributed by atoms with Crippen LogP contribution in [0.15, 0.2) is 109 Å². The lowest BCUT2D eigenvalue weighted by Crippen LogP contribution is -2.67. The number of carbonyl (C=O) groups is 5. The van der Waals surface area contributed by atoms with Gasteiger partial charge < -0.3 is 36.4 Å². The summed E-state index contributed by atoms with van der Waals surface area (Å²) in [7, 11) is 1.29. The largest absolute Gasteiger partial charge is 0.478 e. The molecule has 113 heavy (non-hydrogen) atoms. The lowest BCUT2D eigenvalue weighted by atomic mass is 9.32. The number of H-pyrrole nitrogens is 1. The third-order valence-corrected chi connectivity index (χ3v) is 34.1. The summed E-state index contributed by atoms with van der Waals surface area (Å²) in [6.07, 6.45) is 25.5. The summed E-state index contributed by atoms with van der Waals surface area (Å²) < 4.78 is 4.47. The molecule has 20 atom stereocenters. The van der Waals surface area contributed by atoms with Crippen LogP contribution in [0.4, 0.5) is 0 Å². The number of aromatic carboxylic acids is 1. The third-order valence-electron chi connectivity index (χ3n) is 34.1. The summed E-state index contributed by atoms with van der Waals surface area (Å²) in [5, 5.41) is 52.6. The van der Waals surface area contributed by atoms with Crippen molar-refractivity contribution in [2.75, 3.05) is 20.2 Å². The number of hydrazine groups is 1. The van der Waals surface area contributed by atoms with Crippen molar-refractivity contribution in [2.24, 2.45) is 125 Å². The van der Waals surface area contributed by atoms with Crippen molar-refractivity contribution in [1.29, 1.82) is 5.41 Å². The number of benzene rings is 2. The van der Waals surface area contributed by atoms with E-state index in [4.69, 9.17) is 17.0 Å². The Bertz CT molecular complexity index is 4460. The molecular formula is C93H129N11O9. The number of carboxylic acid groups (broad SMARTS) is 1. The first-order chi connectivity index (χ1) is 53.3. The summed E-state index contributed by atoms with van der Waals surface area (Å²) in [6.45, 7) is 39.6. The maximum atomic E-state index is 14.7. The van der Waals surface area contributed by atoms with Gasteiger partial charge in [-0.3, -0.25) is 40.3 Å². The van der Waals surface area contributed by atoms with E-state index in [9.17, 15) is 39.3 Å². The zero-order valence-corrected chi connectivity index (χ0v) is 69.6. The molecule has 2 aromatic carbocycles. The molecule has 20 heteroatoms. The number of esters is 1. The van der Waals surface area contributed by atoms with Gasteiger partial charge in [-0.2, -0.15) is 5.10 Å². The highest BCUT2D eigenvalue weighted by Gasteiger charge is 2.74. The van der Waals surface area contributed by atoms with Crippen LogP contribution in [0.25, 0.3) is 22.9 Å². The predicted molar refractivity (Wildman–Crippen MR) is 440 cm³/mol. The number of amides is 3. The zero-order valence-electron chi connectivity index (χ0n) is 69.6. The molecule has 0 bridgehead atoms. The Morgan fingerprint density at radius 2 is 1.06 bits per heavy atom. The molecule has 0 aliphatic heterocycles. The van der Waals surface area contributed by atoms with Gasteiger partial charge in [-0.1, -0.05) is 124 Å². The summed E-state index contributed by atoms with van der Waals surface area (Å²) in [6, 6.07) is 21.7. The number of nitrogens with one attached hydrogen (secondary N) is 5. The van der Waals surface area contributed by atoms with Crippen molar-refractivity contribution in [3.05, 3.63) is 143 Å². The highest BCUT2D eigenvalue weighted by Crippen LogP contribution is 2.80. The number of nitrogens with two attached hydrogens (primary N) is 2. The number of nitrogen functional groups attached to an aromatic ring is 2. The quantitative estimate of drug-likeness (QED) is 0.00835. The smallest absolute Gasteiger partial charge is 0.339 e. The number of aliphatic hydroxyl groups excluding tert-OH is 2. The summed E-state index contributed by atoms with van der Waals surface area (Å²) in [5.41, 5.74) is 15.2. The molecule has 10 aliphatic carbocycles. The lowest BCUT2D eigenvalue weighted by molar-refractivity contribution is -0.246. The van der Waals surface area contributed by atoms with E-state index in [0.29, 0.717) is 119 Å². The van der Waals surface area contributed by atoms with Gasteiger partial charge in [-0.05, 0) is 311 Å². The fraction of sp³-hybridized carbons (Fsp3) is 0.634. The van der Waals surface area contributed by atoms with E-state index in [-0.39, 0.29) is 95.5 Å². The Kier molecular flexibility index (Phi) is 22.7. The Hall–Kier alpha value is -7.94. The minimum absolute atomic E-state index is 0.0411.